The summed E-state index contributed by atoms with van der Waals surface area (Å²) in [6.45, 7) is 3.14. The van der Waals surface area contributed by atoms with Gasteiger partial charge in [-0.1, -0.05) is 29.3 Å². The maximum absolute atomic E-state index is 12.2. The van der Waals surface area contributed by atoms with Gasteiger partial charge in [0.25, 0.3) is 11.6 Å². The predicted octanol–water partition coefficient (Wildman–Crippen LogP) is 4.39. The number of hydrogen-bond acceptors (Lipinski definition) is 5. The molecule has 2 aromatic rings. The lowest BCUT2D eigenvalue weighted by Gasteiger charge is -2.15. The van der Waals surface area contributed by atoms with Gasteiger partial charge in [-0.2, -0.15) is 0 Å². The molecule has 1 atom stereocenters. The molecule has 1 N–H and O–H groups in total. The van der Waals surface area contributed by atoms with Crippen molar-refractivity contribution in [2.24, 2.45) is 0 Å². The molecule has 0 aliphatic carbocycles. The molecule has 9 heteroatoms. The van der Waals surface area contributed by atoms with Crippen molar-refractivity contribution in [3.05, 3.63) is 67.7 Å². The summed E-state index contributed by atoms with van der Waals surface area (Å²) in [4.78, 5) is 34.4. The van der Waals surface area contributed by atoms with Gasteiger partial charge in [0, 0.05) is 22.8 Å². The second-order valence-corrected chi connectivity index (χ2v) is 6.18. The lowest BCUT2D eigenvalue weighted by molar-refractivity contribution is -0.384. The molecule has 0 spiro atoms. The van der Waals surface area contributed by atoms with Crippen LogP contribution in [0.4, 0.5) is 11.4 Å². The van der Waals surface area contributed by atoms with Crippen LogP contribution in [0.5, 0.6) is 0 Å². The van der Waals surface area contributed by atoms with E-state index in [1.807, 2.05) is 0 Å². The molecule has 0 fully saturated rings. The maximum atomic E-state index is 12.2. The van der Waals surface area contributed by atoms with Gasteiger partial charge in [0.05, 0.1) is 15.5 Å². The Morgan fingerprint density at radius 1 is 1.19 bits per heavy atom. The van der Waals surface area contributed by atoms with Gasteiger partial charge >= 0.3 is 5.97 Å². The summed E-state index contributed by atoms with van der Waals surface area (Å²) < 4.78 is 5.08. The summed E-state index contributed by atoms with van der Waals surface area (Å²) >= 11 is 11.9. The topological polar surface area (TPSA) is 98.5 Å². The number of carbonyl (C=O) groups is 2. The summed E-state index contributed by atoms with van der Waals surface area (Å²) in [6.07, 6.45) is -1.12. The molecule has 26 heavy (non-hydrogen) atoms. The Labute approximate surface area is 159 Å². The first-order valence-electron chi connectivity index (χ1n) is 7.41. The number of hydrogen-bond donors (Lipinski definition) is 1. The number of nitrogens with one attached hydrogen (secondary N) is 1. The van der Waals surface area contributed by atoms with Crippen LogP contribution in [-0.2, 0) is 9.53 Å². The molecule has 7 nitrogen and oxygen atoms in total. The molecular weight excluding hydrogens is 383 g/mol. The van der Waals surface area contributed by atoms with Crippen LogP contribution in [-0.4, -0.2) is 22.9 Å². The number of nitrogens with zero attached hydrogens (tertiary/aromatic N) is 1. The number of benzene rings is 2. The number of anilines is 1. The fourth-order valence-corrected chi connectivity index (χ4v) is 2.46. The molecule has 0 saturated carbocycles. The lowest BCUT2D eigenvalue weighted by atomic mass is 10.2. The van der Waals surface area contributed by atoms with Crippen molar-refractivity contribution in [2.45, 2.75) is 20.0 Å². The molecule has 0 radical (unpaired) electrons. The number of carbonyl (C=O) groups excluding carboxylic acids is 2. The van der Waals surface area contributed by atoms with E-state index >= 15 is 0 Å². The quantitative estimate of drug-likeness (QED) is 0.458. The zero-order valence-corrected chi connectivity index (χ0v) is 15.3. The first-order chi connectivity index (χ1) is 12.2. The van der Waals surface area contributed by atoms with E-state index in [9.17, 15) is 19.7 Å². The minimum absolute atomic E-state index is 0.0733. The summed E-state index contributed by atoms with van der Waals surface area (Å²) in [5.74, 6) is -1.42. The standard InChI is InChI=1S/C17H14Cl2N2O5/c1-9-13(18)4-3-5-15(9)20-16(22)10(2)26-17(23)12-7-6-11(21(24)25)8-14(12)19/h3-8,10H,1-2H3,(H,20,22)/t10-/m0/s1. The third-order valence-electron chi connectivity index (χ3n) is 3.56. The highest BCUT2D eigenvalue weighted by Crippen LogP contribution is 2.25. The predicted molar refractivity (Wildman–Crippen MR) is 97.8 cm³/mol. The highest BCUT2D eigenvalue weighted by atomic mass is 35.5. The Balaban J connectivity index is 2.08. The van der Waals surface area contributed by atoms with Crippen LogP contribution < -0.4 is 5.32 Å². The van der Waals surface area contributed by atoms with Crippen molar-refractivity contribution in [3.8, 4) is 0 Å². The minimum Gasteiger partial charge on any atom is -0.449 e. The first kappa shape index (κ1) is 19.7. The Kier molecular flexibility index (Phi) is 6.18. The van der Waals surface area contributed by atoms with Gasteiger partial charge in [0.15, 0.2) is 6.10 Å². The van der Waals surface area contributed by atoms with Crippen LogP contribution in [0.1, 0.15) is 22.8 Å². The number of halogens is 2. The molecule has 0 aliphatic heterocycles. The Bertz CT molecular complexity index is 885. The van der Waals surface area contributed by atoms with E-state index < -0.39 is 22.9 Å². The van der Waals surface area contributed by atoms with Gasteiger partial charge in [-0.25, -0.2) is 4.79 Å². The lowest BCUT2D eigenvalue weighted by Crippen LogP contribution is -2.30. The number of amides is 1. The maximum Gasteiger partial charge on any atom is 0.340 e. The van der Waals surface area contributed by atoms with Crippen molar-refractivity contribution in [2.75, 3.05) is 5.32 Å². The smallest absolute Gasteiger partial charge is 0.340 e. The highest BCUT2D eigenvalue weighted by molar-refractivity contribution is 6.33. The number of esters is 1. The van der Waals surface area contributed by atoms with Crippen LogP contribution in [0.3, 0.4) is 0 Å². The van der Waals surface area contributed by atoms with Crippen LogP contribution in [0.25, 0.3) is 0 Å². The van der Waals surface area contributed by atoms with E-state index in [0.29, 0.717) is 16.3 Å². The van der Waals surface area contributed by atoms with Crippen LogP contribution in [0.15, 0.2) is 36.4 Å². The van der Waals surface area contributed by atoms with E-state index in [4.69, 9.17) is 27.9 Å². The fraction of sp³-hybridized carbons (Fsp3) is 0.176. The molecule has 2 rings (SSSR count). The van der Waals surface area contributed by atoms with Crippen molar-refractivity contribution in [1.82, 2.24) is 0 Å². The van der Waals surface area contributed by atoms with Gasteiger partial charge in [-0.3, -0.25) is 14.9 Å². The zero-order chi connectivity index (χ0) is 19.4. The first-order valence-corrected chi connectivity index (χ1v) is 8.17. The van der Waals surface area contributed by atoms with E-state index in [1.165, 1.54) is 13.0 Å². The molecular formula is C17H14Cl2N2O5. The Morgan fingerprint density at radius 3 is 2.50 bits per heavy atom. The van der Waals surface area contributed by atoms with E-state index in [-0.39, 0.29) is 16.3 Å². The van der Waals surface area contributed by atoms with E-state index in [1.54, 1.807) is 25.1 Å². The summed E-state index contributed by atoms with van der Waals surface area (Å²) in [6, 6.07) is 8.38. The second kappa shape index (κ2) is 8.16. The number of ether oxygens (including phenoxy) is 1. The Hall–Kier alpha value is -2.64. The molecule has 0 aromatic heterocycles. The summed E-state index contributed by atoms with van der Waals surface area (Å²) in [5.41, 5.74) is 0.850. The number of nitro groups is 1. The average Bonchev–Trinajstić information content (AvgIpc) is 2.58. The number of non-ortho nitro benzene ring substituents is 1. The zero-order valence-electron chi connectivity index (χ0n) is 13.8. The number of nitro benzene ring substituents is 1. The molecule has 2 aromatic carbocycles. The molecule has 136 valence electrons. The number of rotatable bonds is 5. The van der Waals surface area contributed by atoms with Crippen molar-refractivity contribution < 1.29 is 19.2 Å². The van der Waals surface area contributed by atoms with Gasteiger partial charge in [0.2, 0.25) is 0 Å². The molecule has 0 heterocycles. The highest BCUT2D eigenvalue weighted by Gasteiger charge is 2.22. The monoisotopic (exact) mass is 396 g/mol. The third kappa shape index (κ3) is 4.50. The van der Waals surface area contributed by atoms with Crippen LogP contribution in [0.2, 0.25) is 10.0 Å². The van der Waals surface area contributed by atoms with Crippen molar-refractivity contribution in [3.63, 3.8) is 0 Å². The largest absolute Gasteiger partial charge is 0.449 e. The summed E-state index contributed by atoms with van der Waals surface area (Å²) in [5, 5.41) is 13.7. The fourth-order valence-electron chi connectivity index (χ4n) is 2.04. The summed E-state index contributed by atoms with van der Waals surface area (Å²) in [7, 11) is 0. The van der Waals surface area contributed by atoms with Crippen LogP contribution >= 0.6 is 23.2 Å². The second-order valence-electron chi connectivity index (χ2n) is 5.37. The molecule has 0 bridgehead atoms. The minimum atomic E-state index is -1.12. The van der Waals surface area contributed by atoms with Gasteiger partial charge < -0.3 is 10.1 Å². The van der Waals surface area contributed by atoms with Gasteiger partial charge in [-0.15, -0.1) is 0 Å². The average molecular weight is 397 g/mol. The van der Waals surface area contributed by atoms with E-state index in [2.05, 4.69) is 5.32 Å². The Morgan fingerprint density at radius 2 is 1.88 bits per heavy atom. The molecule has 0 aliphatic rings. The van der Waals surface area contributed by atoms with Crippen molar-refractivity contribution >= 4 is 46.5 Å². The van der Waals surface area contributed by atoms with Crippen LogP contribution in [0, 0.1) is 17.0 Å². The van der Waals surface area contributed by atoms with E-state index in [0.717, 1.165) is 12.1 Å². The SMILES string of the molecule is Cc1c(Cl)cccc1NC(=O)[C@H](C)OC(=O)c1ccc([N+](=O)[O-])cc1Cl. The van der Waals surface area contributed by atoms with Crippen molar-refractivity contribution in [1.29, 1.82) is 0 Å². The van der Waals surface area contributed by atoms with Gasteiger partial charge in [0.1, 0.15) is 0 Å². The molecule has 0 saturated heterocycles. The molecule has 0 unspecified atom stereocenters. The molecule has 1 amide bonds. The normalized spacial score (nSPS) is 11.5. The third-order valence-corrected chi connectivity index (χ3v) is 4.28. The van der Waals surface area contributed by atoms with Gasteiger partial charge in [-0.05, 0) is 37.6 Å².